The predicted octanol–water partition coefficient (Wildman–Crippen LogP) is 4.85. The normalized spacial score (nSPS) is 15.4. The van der Waals surface area contributed by atoms with Gasteiger partial charge in [-0.2, -0.15) is 0 Å². The van der Waals surface area contributed by atoms with Crippen LogP contribution in [0.5, 0.6) is 0 Å². The van der Waals surface area contributed by atoms with Crippen molar-refractivity contribution in [1.82, 2.24) is 0 Å². The lowest BCUT2D eigenvalue weighted by Crippen LogP contribution is -1.94. The van der Waals surface area contributed by atoms with Gasteiger partial charge in [0.25, 0.3) is 0 Å². The lowest BCUT2D eigenvalue weighted by atomic mass is 10.0. The van der Waals surface area contributed by atoms with Crippen molar-refractivity contribution >= 4 is 27.5 Å². The summed E-state index contributed by atoms with van der Waals surface area (Å²) in [7, 11) is 0. The van der Waals surface area contributed by atoms with E-state index in [9.17, 15) is 0 Å². The van der Waals surface area contributed by atoms with E-state index < -0.39 is 0 Å². The molecule has 0 fully saturated rings. The SMILES string of the molecule is Clc1cccc(C(Br)c2ccc3c(c2)COC3)c1. The van der Waals surface area contributed by atoms with Gasteiger partial charge in [-0.1, -0.05) is 57.9 Å². The number of halogens is 2. The van der Waals surface area contributed by atoms with Gasteiger partial charge in [0.05, 0.1) is 18.0 Å². The molecule has 2 aromatic carbocycles. The van der Waals surface area contributed by atoms with Crippen molar-refractivity contribution in [2.75, 3.05) is 0 Å². The maximum absolute atomic E-state index is 6.03. The molecular formula is C15H12BrClO. The first-order valence-electron chi connectivity index (χ1n) is 5.83. The molecule has 0 N–H and O–H groups in total. The van der Waals surface area contributed by atoms with Gasteiger partial charge in [0.1, 0.15) is 0 Å². The fraction of sp³-hybridized carbons (Fsp3) is 0.200. The first-order valence-corrected chi connectivity index (χ1v) is 7.12. The Balaban J connectivity index is 1.95. The van der Waals surface area contributed by atoms with Crippen LogP contribution in [0.25, 0.3) is 0 Å². The van der Waals surface area contributed by atoms with E-state index in [1.807, 2.05) is 18.2 Å². The Morgan fingerprint density at radius 1 is 1.00 bits per heavy atom. The summed E-state index contributed by atoms with van der Waals surface area (Å²) >= 11 is 9.77. The number of hydrogen-bond donors (Lipinski definition) is 0. The third-order valence-corrected chi connectivity index (χ3v) is 4.47. The van der Waals surface area contributed by atoms with Crippen molar-refractivity contribution in [3.05, 3.63) is 69.7 Å². The number of hydrogen-bond acceptors (Lipinski definition) is 1. The molecule has 0 saturated carbocycles. The van der Waals surface area contributed by atoms with E-state index in [1.165, 1.54) is 22.3 Å². The quantitative estimate of drug-likeness (QED) is 0.718. The summed E-state index contributed by atoms with van der Waals surface area (Å²) in [5, 5.41) is 0.765. The monoisotopic (exact) mass is 322 g/mol. The van der Waals surface area contributed by atoms with Gasteiger partial charge in [-0.3, -0.25) is 0 Å². The third-order valence-electron chi connectivity index (χ3n) is 3.18. The Kier molecular flexibility index (Phi) is 3.42. The summed E-state index contributed by atoms with van der Waals surface area (Å²) in [6.45, 7) is 1.46. The van der Waals surface area contributed by atoms with E-state index in [2.05, 4.69) is 40.2 Å². The molecule has 92 valence electrons. The molecule has 1 nitrogen and oxygen atoms in total. The molecule has 1 aliphatic rings. The second-order valence-corrected chi connectivity index (χ2v) is 5.79. The molecule has 0 aliphatic carbocycles. The third kappa shape index (κ3) is 2.33. The molecular weight excluding hydrogens is 312 g/mol. The highest BCUT2D eigenvalue weighted by Crippen LogP contribution is 2.34. The van der Waals surface area contributed by atoms with Gasteiger partial charge in [-0.25, -0.2) is 0 Å². The molecule has 3 heteroatoms. The standard InChI is InChI=1S/C15H12BrClO/c16-15(10-2-1-3-14(17)7-10)11-4-5-12-8-18-9-13(12)6-11/h1-7,15H,8-9H2. The Bertz CT molecular complexity index is 582. The van der Waals surface area contributed by atoms with Gasteiger partial charge in [-0.05, 0) is 34.4 Å². The molecule has 1 heterocycles. The van der Waals surface area contributed by atoms with Crippen LogP contribution in [0.4, 0.5) is 0 Å². The molecule has 2 aromatic rings. The summed E-state index contributed by atoms with van der Waals surface area (Å²) < 4.78 is 5.44. The molecule has 0 radical (unpaired) electrons. The van der Waals surface area contributed by atoms with Gasteiger partial charge >= 0.3 is 0 Å². The van der Waals surface area contributed by atoms with Crippen LogP contribution >= 0.6 is 27.5 Å². The molecule has 0 amide bonds. The van der Waals surface area contributed by atoms with Crippen LogP contribution in [-0.2, 0) is 18.0 Å². The smallest absolute Gasteiger partial charge is 0.0725 e. The van der Waals surface area contributed by atoms with E-state index in [0.717, 1.165) is 18.2 Å². The van der Waals surface area contributed by atoms with Crippen LogP contribution < -0.4 is 0 Å². The highest BCUT2D eigenvalue weighted by Gasteiger charge is 2.16. The average Bonchev–Trinajstić information content (AvgIpc) is 2.85. The highest BCUT2D eigenvalue weighted by atomic mass is 79.9. The predicted molar refractivity (Wildman–Crippen MR) is 77.2 cm³/mol. The second-order valence-electron chi connectivity index (χ2n) is 4.44. The van der Waals surface area contributed by atoms with Crippen molar-refractivity contribution in [3.63, 3.8) is 0 Å². The van der Waals surface area contributed by atoms with Crippen LogP contribution in [0.15, 0.2) is 42.5 Å². The Labute approximate surface area is 120 Å². The minimum Gasteiger partial charge on any atom is -0.372 e. The van der Waals surface area contributed by atoms with E-state index in [1.54, 1.807) is 0 Å². The Morgan fingerprint density at radius 2 is 1.78 bits per heavy atom. The van der Waals surface area contributed by atoms with Gasteiger partial charge in [-0.15, -0.1) is 0 Å². The zero-order valence-electron chi connectivity index (χ0n) is 9.70. The first-order chi connectivity index (χ1) is 8.74. The summed E-state index contributed by atoms with van der Waals surface area (Å²) in [5.74, 6) is 0. The summed E-state index contributed by atoms with van der Waals surface area (Å²) in [6.07, 6.45) is 0. The molecule has 1 aliphatic heterocycles. The highest BCUT2D eigenvalue weighted by molar-refractivity contribution is 9.09. The van der Waals surface area contributed by atoms with Gasteiger partial charge < -0.3 is 4.74 Å². The van der Waals surface area contributed by atoms with Gasteiger partial charge in [0, 0.05) is 5.02 Å². The summed E-state index contributed by atoms with van der Waals surface area (Å²) in [5.41, 5.74) is 4.99. The lowest BCUT2D eigenvalue weighted by molar-refractivity contribution is 0.134. The maximum atomic E-state index is 6.03. The van der Waals surface area contributed by atoms with Crippen LogP contribution in [0.2, 0.25) is 5.02 Å². The zero-order valence-corrected chi connectivity index (χ0v) is 12.0. The molecule has 3 rings (SSSR count). The van der Waals surface area contributed by atoms with Crippen molar-refractivity contribution in [2.24, 2.45) is 0 Å². The minimum absolute atomic E-state index is 0.169. The van der Waals surface area contributed by atoms with Gasteiger partial charge in [0.2, 0.25) is 0 Å². The van der Waals surface area contributed by atoms with Crippen LogP contribution in [0.1, 0.15) is 27.1 Å². The second kappa shape index (κ2) is 5.04. The van der Waals surface area contributed by atoms with Crippen molar-refractivity contribution in [1.29, 1.82) is 0 Å². The van der Waals surface area contributed by atoms with Crippen LogP contribution in [0, 0.1) is 0 Å². The first kappa shape index (κ1) is 12.2. The molecule has 0 aromatic heterocycles. The van der Waals surface area contributed by atoms with Crippen molar-refractivity contribution in [3.8, 4) is 0 Å². The van der Waals surface area contributed by atoms with Gasteiger partial charge in [0.15, 0.2) is 0 Å². The number of benzene rings is 2. The Morgan fingerprint density at radius 3 is 2.61 bits per heavy atom. The average molecular weight is 324 g/mol. The van der Waals surface area contributed by atoms with E-state index in [4.69, 9.17) is 16.3 Å². The largest absolute Gasteiger partial charge is 0.372 e. The zero-order chi connectivity index (χ0) is 12.5. The molecule has 0 saturated heterocycles. The molecule has 1 unspecified atom stereocenters. The minimum atomic E-state index is 0.169. The molecule has 1 atom stereocenters. The molecule has 0 spiro atoms. The van der Waals surface area contributed by atoms with Crippen LogP contribution in [-0.4, -0.2) is 0 Å². The molecule has 0 bridgehead atoms. The van der Waals surface area contributed by atoms with Crippen molar-refractivity contribution < 1.29 is 4.74 Å². The summed E-state index contributed by atoms with van der Waals surface area (Å²) in [6, 6.07) is 14.4. The number of alkyl halides is 1. The topological polar surface area (TPSA) is 9.23 Å². The van der Waals surface area contributed by atoms with Crippen molar-refractivity contribution in [2.45, 2.75) is 18.0 Å². The van der Waals surface area contributed by atoms with Crippen LogP contribution in [0.3, 0.4) is 0 Å². The maximum Gasteiger partial charge on any atom is 0.0725 e. The summed E-state index contributed by atoms with van der Waals surface area (Å²) in [4.78, 5) is 0.169. The number of ether oxygens (including phenoxy) is 1. The number of rotatable bonds is 2. The fourth-order valence-electron chi connectivity index (χ4n) is 2.21. The van der Waals surface area contributed by atoms with E-state index in [0.29, 0.717) is 0 Å². The Hall–Kier alpha value is -0.830. The lowest BCUT2D eigenvalue weighted by Gasteiger charge is -2.12. The van der Waals surface area contributed by atoms with E-state index >= 15 is 0 Å². The van der Waals surface area contributed by atoms with E-state index in [-0.39, 0.29) is 4.83 Å². The number of fused-ring (bicyclic) bond motifs is 1. The fourth-order valence-corrected chi connectivity index (χ4v) is 2.97. The molecule has 18 heavy (non-hydrogen) atoms.